The predicted molar refractivity (Wildman–Crippen MR) is 141 cm³/mol. The lowest BCUT2D eigenvalue weighted by Gasteiger charge is -2.34. The Hall–Kier alpha value is -3.41. The third-order valence-corrected chi connectivity index (χ3v) is 7.98. The molecule has 0 spiro atoms. The highest BCUT2D eigenvalue weighted by atomic mass is 35.5. The van der Waals surface area contributed by atoms with Gasteiger partial charge in [0, 0.05) is 41.8 Å². The van der Waals surface area contributed by atoms with Gasteiger partial charge in [0.25, 0.3) is 0 Å². The lowest BCUT2D eigenvalue weighted by atomic mass is 9.84. The molecular weight excluding hydrogens is 571 g/mol. The second-order valence-corrected chi connectivity index (χ2v) is 10.6. The van der Waals surface area contributed by atoms with Gasteiger partial charge in [0.15, 0.2) is 17.2 Å². The van der Waals surface area contributed by atoms with Crippen LogP contribution in [0.1, 0.15) is 40.7 Å². The van der Waals surface area contributed by atoms with E-state index in [4.69, 9.17) is 22.1 Å². The summed E-state index contributed by atoms with van der Waals surface area (Å²) >= 11 is 6.37. The molecule has 3 aromatic rings. The first-order chi connectivity index (χ1) is 19.5. The molecule has 0 radical (unpaired) electrons. The van der Waals surface area contributed by atoms with Crippen LogP contribution in [0.4, 0.5) is 22.0 Å². The topological polar surface area (TPSA) is 93.8 Å². The van der Waals surface area contributed by atoms with Gasteiger partial charge < -0.3 is 25.6 Å². The molecule has 1 aliphatic heterocycles. The molecular formula is C29H26ClF5N2O4. The summed E-state index contributed by atoms with van der Waals surface area (Å²) in [6.45, 7) is -3.27. The highest BCUT2D eigenvalue weighted by Gasteiger charge is 2.45. The number of nitrogens with two attached hydrogens (primary N) is 1. The van der Waals surface area contributed by atoms with E-state index in [9.17, 15) is 23.1 Å². The van der Waals surface area contributed by atoms with Gasteiger partial charge in [0.1, 0.15) is 17.7 Å². The molecule has 1 saturated carbocycles. The SMILES string of the molecule is NC(=O)c1ccc(OC(F)F)c(F)c1-c1c(Cl)c(F)cc2c1CC(CN[C@H]1CC[C@@H](O)[C@H](F)C1)(c1ccccc1)O2. The minimum absolute atomic E-state index is 0.00927. The Kier molecular flexibility index (Phi) is 8.13. The number of hydrogen-bond acceptors (Lipinski definition) is 5. The summed E-state index contributed by atoms with van der Waals surface area (Å²) in [6.07, 6.45) is -1.58. The predicted octanol–water partition coefficient (Wildman–Crippen LogP) is 5.66. The van der Waals surface area contributed by atoms with Crippen LogP contribution < -0.4 is 20.5 Å². The highest BCUT2D eigenvalue weighted by Crippen LogP contribution is 2.50. The molecule has 1 fully saturated rings. The van der Waals surface area contributed by atoms with Crippen LogP contribution in [0.15, 0.2) is 48.5 Å². The van der Waals surface area contributed by atoms with Crippen LogP contribution in [-0.2, 0) is 12.0 Å². The van der Waals surface area contributed by atoms with Crippen LogP contribution in [0.2, 0.25) is 5.02 Å². The number of carbonyl (C=O) groups is 1. The summed E-state index contributed by atoms with van der Waals surface area (Å²) in [6, 6.07) is 11.4. The number of primary amides is 1. The fourth-order valence-electron chi connectivity index (χ4n) is 5.59. The van der Waals surface area contributed by atoms with Gasteiger partial charge in [-0.3, -0.25) is 4.79 Å². The van der Waals surface area contributed by atoms with Gasteiger partial charge in [0.2, 0.25) is 5.91 Å². The molecule has 1 unspecified atom stereocenters. The van der Waals surface area contributed by atoms with E-state index in [1.54, 1.807) is 30.3 Å². The number of fused-ring (bicyclic) bond motifs is 1. The van der Waals surface area contributed by atoms with Gasteiger partial charge in [-0.15, -0.1) is 0 Å². The normalized spacial score (nSPS) is 23.8. The second-order valence-electron chi connectivity index (χ2n) is 10.2. The van der Waals surface area contributed by atoms with E-state index in [0.717, 1.165) is 18.2 Å². The van der Waals surface area contributed by atoms with Crippen molar-refractivity contribution in [2.45, 2.75) is 56.2 Å². The summed E-state index contributed by atoms with van der Waals surface area (Å²) in [7, 11) is 0. The number of halogens is 6. The first-order valence-corrected chi connectivity index (χ1v) is 13.3. The van der Waals surface area contributed by atoms with Crippen molar-refractivity contribution in [1.82, 2.24) is 5.32 Å². The monoisotopic (exact) mass is 596 g/mol. The van der Waals surface area contributed by atoms with E-state index in [0.29, 0.717) is 12.0 Å². The second kappa shape index (κ2) is 11.5. The maximum atomic E-state index is 15.7. The van der Waals surface area contributed by atoms with Crippen molar-refractivity contribution in [3.05, 3.63) is 81.9 Å². The molecule has 3 aromatic carbocycles. The highest BCUT2D eigenvalue weighted by molar-refractivity contribution is 6.34. The number of aliphatic hydroxyl groups excluding tert-OH is 1. The smallest absolute Gasteiger partial charge is 0.387 e. The summed E-state index contributed by atoms with van der Waals surface area (Å²) < 4.78 is 81.8. The van der Waals surface area contributed by atoms with Gasteiger partial charge in [-0.05, 0) is 37.0 Å². The maximum absolute atomic E-state index is 15.7. The van der Waals surface area contributed by atoms with E-state index >= 15 is 8.78 Å². The first-order valence-electron chi connectivity index (χ1n) is 12.9. The molecule has 41 heavy (non-hydrogen) atoms. The van der Waals surface area contributed by atoms with E-state index in [2.05, 4.69) is 10.1 Å². The van der Waals surface area contributed by atoms with E-state index in [-0.39, 0.29) is 48.7 Å². The number of amides is 1. The first kappa shape index (κ1) is 29.1. The molecule has 0 aromatic heterocycles. The van der Waals surface area contributed by atoms with Crippen LogP contribution >= 0.6 is 11.6 Å². The van der Waals surface area contributed by atoms with Crippen LogP contribution in [-0.4, -0.2) is 42.5 Å². The van der Waals surface area contributed by atoms with Crippen molar-refractivity contribution >= 4 is 17.5 Å². The van der Waals surface area contributed by atoms with Gasteiger partial charge >= 0.3 is 6.61 Å². The number of carbonyl (C=O) groups excluding carboxylic acids is 1. The third kappa shape index (κ3) is 5.58. The minimum Gasteiger partial charge on any atom is -0.480 e. The van der Waals surface area contributed by atoms with Crippen LogP contribution in [0.3, 0.4) is 0 Å². The van der Waals surface area contributed by atoms with Crippen LogP contribution in [0.5, 0.6) is 11.5 Å². The standard InChI is InChI=1S/C29H26ClF5N2O4/c30-25-19(32)11-22-17(23(25)24-16(27(36)39)7-9-21(26(24)33)40-28(34)35)12-29(41-22,14-4-2-1-3-5-14)13-37-15-6-8-20(38)18(31)10-15/h1-5,7,9,11,15,18,20,28,37-38H,6,8,10,12-13H2,(H2,36,39)/t15-,18+,20+,29?/m0/s1. The van der Waals surface area contributed by atoms with Crippen molar-refractivity contribution in [3.8, 4) is 22.6 Å². The van der Waals surface area contributed by atoms with E-state index in [1.165, 1.54) is 0 Å². The van der Waals surface area contributed by atoms with Crippen molar-refractivity contribution in [3.63, 3.8) is 0 Å². The number of hydrogen-bond donors (Lipinski definition) is 3. The van der Waals surface area contributed by atoms with Crippen molar-refractivity contribution < 1.29 is 41.3 Å². The number of rotatable bonds is 8. The summed E-state index contributed by atoms with van der Waals surface area (Å²) in [5.74, 6) is -4.38. The Morgan fingerprint density at radius 1 is 1.17 bits per heavy atom. The van der Waals surface area contributed by atoms with Gasteiger partial charge in [0.05, 0.1) is 16.7 Å². The molecule has 12 heteroatoms. The lowest BCUT2D eigenvalue weighted by molar-refractivity contribution is -0.0521. The summed E-state index contributed by atoms with van der Waals surface area (Å²) in [5, 5.41) is 12.5. The molecule has 0 bridgehead atoms. The van der Waals surface area contributed by atoms with Crippen molar-refractivity contribution in [2.75, 3.05) is 6.54 Å². The fraction of sp³-hybridized carbons (Fsp3) is 0.345. The molecule has 1 aliphatic carbocycles. The zero-order valence-corrected chi connectivity index (χ0v) is 22.2. The largest absolute Gasteiger partial charge is 0.480 e. The summed E-state index contributed by atoms with van der Waals surface area (Å²) in [4.78, 5) is 12.3. The fourth-order valence-corrected chi connectivity index (χ4v) is 5.85. The molecule has 6 nitrogen and oxygen atoms in total. The molecule has 4 N–H and O–H groups in total. The Morgan fingerprint density at radius 2 is 1.90 bits per heavy atom. The third-order valence-electron chi connectivity index (χ3n) is 7.61. The Bertz CT molecular complexity index is 1460. The Morgan fingerprint density at radius 3 is 2.56 bits per heavy atom. The number of aliphatic hydroxyl groups is 1. The molecule has 5 rings (SSSR count). The molecule has 0 saturated heterocycles. The number of nitrogens with one attached hydrogen (secondary N) is 1. The van der Waals surface area contributed by atoms with E-state index < -0.39 is 63.9 Å². The van der Waals surface area contributed by atoms with E-state index in [1.807, 2.05) is 0 Å². The zero-order chi connectivity index (χ0) is 29.5. The molecule has 218 valence electrons. The number of benzene rings is 3. The average molecular weight is 597 g/mol. The maximum Gasteiger partial charge on any atom is 0.387 e. The van der Waals surface area contributed by atoms with Crippen LogP contribution in [0, 0.1) is 11.6 Å². The molecule has 2 aliphatic rings. The van der Waals surface area contributed by atoms with Crippen LogP contribution in [0.25, 0.3) is 11.1 Å². The number of alkyl halides is 3. The number of ether oxygens (including phenoxy) is 2. The van der Waals surface area contributed by atoms with Gasteiger partial charge in [-0.25, -0.2) is 13.2 Å². The van der Waals surface area contributed by atoms with Crippen molar-refractivity contribution in [1.29, 1.82) is 0 Å². The lowest BCUT2D eigenvalue weighted by Crippen LogP contribution is -2.48. The average Bonchev–Trinajstić information content (AvgIpc) is 3.31. The van der Waals surface area contributed by atoms with Crippen molar-refractivity contribution in [2.24, 2.45) is 5.73 Å². The molecule has 1 amide bonds. The molecule has 1 heterocycles. The molecule has 4 atom stereocenters. The minimum atomic E-state index is -3.38. The zero-order valence-electron chi connectivity index (χ0n) is 21.5. The Balaban J connectivity index is 1.62. The van der Waals surface area contributed by atoms with Gasteiger partial charge in [-0.2, -0.15) is 8.78 Å². The van der Waals surface area contributed by atoms with Gasteiger partial charge in [-0.1, -0.05) is 41.9 Å². The summed E-state index contributed by atoms with van der Waals surface area (Å²) in [5.41, 5.74) is 3.83. The quantitative estimate of drug-likeness (QED) is 0.292. The Labute approximate surface area is 237 Å².